The van der Waals surface area contributed by atoms with Crippen LogP contribution in [0.2, 0.25) is 0 Å². The van der Waals surface area contributed by atoms with Crippen LogP contribution in [-0.2, 0) is 13.6 Å². The van der Waals surface area contributed by atoms with Crippen LogP contribution in [0.25, 0.3) is 11.0 Å². The zero-order valence-electron chi connectivity index (χ0n) is 12.5. The van der Waals surface area contributed by atoms with E-state index < -0.39 is 0 Å². The van der Waals surface area contributed by atoms with Gasteiger partial charge >= 0.3 is 0 Å². The number of hydrogen-bond donors (Lipinski definition) is 1. The van der Waals surface area contributed by atoms with Crippen molar-refractivity contribution in [1.82, 2.24) is 15.1 Å². The summed E-state index contributed by atoms with van der Waals surface area (Å²) in [5.74, 6) is 1.66. The third-order valence-electron chi connectivity index (χ3n) is 3.69. The lowest BCUT2D eigenvalue weighted by atomic mass is 10.2. The molecule has 0 radical (unpaired) electrons. The molecule has 0 amide bonds. The van der Waals surface area contributed by atoms with Crippen molar-refractivity contribution in [2.24, 2.45) is 7.05 Å². The van der Waals surface area contributed by atoms with Gasteiger partial charge in [-0.15, -0.1) is 0 Å². The van der Waals surface area contributed by atoms with Crippen molar-refractivity contribution in [3.05, 3.63) is 48.0 Å². The van der Waals surface area contributed by atoms with E-state index in [-0.39, 0.29) is 6.04 Å². The minimum atomic E-state index is 0.108. The van der Waals surface area contributed by atoms with E-state index in [9.17, 15) is 0 Å². The predicted octanol–water partition coefficient (Wildman–Crippen LogP) is 3.03. The number of methoxy groups -OCH3 is 1. The molecule has 3 rings (SSSR count). The van der Waals surface area contributed by atoms with Crippen LogP contribution in [0.15, 0.2) is 40.9 Å². The summed E-state index contributed by atoms with van der Waals surface area (Å²) in [6.07, 6.45) is 1.80. The summed E-state index contributed by atoms with van der Waals surface area (Å²) in [5, 5.41) is 8.66. The number of aromatic nitrogens is 2. The molecule has 0 aliphatic rings. The summed E-state index contributed by atoms with van der Waals surface area (Å²) in [5.41, 5.74) is 1.93. The van der Waals surface area contributed by atoms with Gasteiger partial charge in [-0.05, 0) is 25.1 Å². The molecule has 1 N–H and O–H groups in total. The van der Waals surface area contributed by atoms with E-state index >= 15 is 0 Å². The van der Waals surface area contributed by atoms with Crippen LogP contribution in [0.4, 0.5) is 0 Å². The maximum absolute atomic E-state index is 5.94. The van der Waals surface area contributed by atoms with E-state index in [4.69, 9.17) is 9.15 Å². The molecule has 2 heterocycles. The molecule has 0 aliphatic heterocycles. The van der Waals surface area contributed by atoms with Gasteiger partial charge in [-0.1, -0.05) is 12.1 Å². The van der Waals surface area contributed by atoms with E-state index in [2.05, 4.69) is 23.4 Å². The average molecular weight is 285 g/mol. The fourth-order valence-corrected chi connectivity index (χ4v) is 2.36. The first-order valence-corrected chi connectivity index (χ1v) is 6.95. The minimum absolute atomic E-state index is 0.108. The van der Waals surface area contributed by atoms with Gasteiger partial charge in [-0.2, -0.15) is 5.10 Å². The highest BCUT2D eigenvalue weighted by Crippen LogP contribution is 2.30. The van der Waals surface area contributed by atoms with Crippen LogP contribution in [-0.4, -0.2) is 16.9 Å². The van der Waals surface area contributed by atoms with Crippen molar-refractivity contribution in [2.75, 3.05) is 7.11 Å². The van der Waals surface area contributed by atoms with Crippen LogP contribution in [0.5, 0.6) is 5.75 Å². The molecule has 3 aromatic rings. The standard InChI is InChI=1S/C16H19N3O2/c1-11(17-10-13-7-8-18-19(13)2)15-9-12-5-4-6-14(20-3)16(12)21-15/h4-9,11,17H,10H2,1-3H3. The van der Waals surface area contributed by atoms with Crippen LogP contribution in [0.1, 0.15) is 24.4 Å². The number of furan rings is 1. The second-order valence-corrected chi connectivity index (χ2v) is 5.08. The Balaban J connectivity index is 1.78. The smallest absolute Gasteiger partial charge is 0.176 e. The third kappa shape index (κ3) is 2.64. The number of ether oxygens (including phenoxy) is 1. The molecule has 21 heavy (non-hydrogen) atoms. The van der Waals surface area contributed by atoms with Gasteiger partial charge in [0.2, 0.25) is 0 Å². The number of nitrogens with one attached hydrogen (secondary N) is 1. The molecule has 0 saturated heterocycles. The molecule has 0 aliphatic carbocycles. The van der Waals surface area contributed by atoms with Gasteiger partial charge < -0.3 is 14.5 Å². The first kappa shape index (κ1) is 13.7. The monoisotopic (exact) mass is 285 g/mol. The van der Waals surface area contributed by atoms with Crippen LogP contribution < -0.4 is 10.1 Å². The van der Waals surface area contributed by atoms with Crippen LogP contribution in [0, 0.1) is 0 Å². The lowest BCUT2D eigenvalue weighted by molar-refractivity contribution is 0.399. The zero-order chi connectivity index (χ0) is 14.8. The Morgan fingerprint density at radius 3 is 2.95 bits per heavy atom. The fourth-order valence-electron chi connectivity index (χ4n) is 2.36. The largest absolute Gasteiger partial charge is 0.493 e. The molecule has 5 heteroatoms. The van der Waals surface area contributed by atoms with Crippen molar-refractivity contribution in [2.45, 2.75) is 19.5 Å². The molecule has 2 aromatic heterocycles. The van der Waals surface area contributed by atoms with Gasteiger partial charge in [-0.25, -0.2) is 0 Å². The molecule has 1 atom stereocenters. The highest BCUT2D eigenvalue weighted by Gasteiger charge is 2.14. The van der Waals surface area contributed by atoms with Gasteiger partial charge in [0.1, 0.15) is 5.76 Å². The highest BCUT2D eigenvalue weighted by atomic mass is 16.5. The topological polar surface area (TPSA) is 52.2 Å². The Kier molecular flexibility index (Phi) is 3.66. The van der Waals surface area contributed by atoms with E-state index in [1.165, 1.54) is 0 Å². The molecule has 1 aromatic carbocycles. The Morgan fingerprint density at radius 2 is 2.24 bits per heavy atom. The van der Waals surface area contributed by atoms with Crippen molar-refractivity contribution in [3.8, 4) is 5.75 Å². The molecule has 5 nitrogen and oxygen atoms in total. The van der Waals surface area contributed by atoms with E-state index in [1.807, 2.05) is 36.0 Å². The van der Waals surface area contributed by atoms with Gasteiger partial charge in [0, 0.05) is 25.2 Å². The third-order valence-corrected chi connectivity index (χ3v) is 3.69. The fraction of sp³-hybridized carbons (Fsp3) is 0.312. The number of hydrogen-bond acceptors (Lipinski definition) is 4. The Hall–Kier alpha value is -2.27. The summed E-state index contributed by atoms with van der Waals surface area (Å²) in [7, 11) is 3.59. The molecule has 1 unspecified atom stereocenters. The molecule has 0 saturated carbocycles. The predicted molar refractivity (Wildman–Crippen MR) is 81.2 cm³/mol. The first-order valence-electron chi connectivity index (χ1n) is 6.95. The van der Waals surface area contributed by atoms with Gasteiger partial charge in [0.25, 0.3) is 0 Å². The normalized spacial score (nSPS) is 12.7. The number of fused-ring (bicyclic) bond motifs is 1. The maximum Gasteiger partial charge on any atom is 0.176 e. The second kappa shape index (κ2) is 5.61. The maximum atomic E-state index is 5.94. The Morgan fingerprint density at radius 1 is 1.38 bits per heavy atom. The Bertz CT molecular complexity index is 745. The van der Waals surface area contributed by atoms with Crippen molar-refractivity contribution in [1.29, 1.82) is 0 Å². The van der Waals surface area contributed by atoms with E-state index in [0.717, 1.165) is 34.7 Å². The molecular formula is C16H19N3O2. The molecule has 0 spiro atoms. The summed E-state index contributed by atoms with van der Waals surface area (Å²) in [6.45, 7) is 2.83. The van der Waals surface area contributed by atoms with E-state index in [0.29, 0.717) is 0 Å². The van der Waals surface area contributed by atoms with Crippen LogP contribution >= 0.6 is 0 Å². The lowest BCUT2D eigenvalue weighted by Crippen LogP contribution is -2.19. The molecule has 0 fully saturated rings. The van der Waals surface area contributed by atoms with Gasteiger partial charge in [-0.3, -0.25) is 4.68 Å². The first-order chi connectivity index (χ1) is 10.2. The van der Waals surface area contributed by atoms with Crippen molar-refractivity contribution >= 4 is 11.0 Å². The summed E-state index contributed by atoms with van der Waals surface area (Å²) in [6, 6.07) is 10.1. The minimum Gasteiger partial charge on any atom is -0.493 e. The molecular weight excluding hydrogens is 266 g/mol. The highest BCUT2D eigenvalue weighted by molar-refractivity contribution is 5.83. The van der Waals surface area contributed by atoms with Crippen molar-refractivity contribution in [3.63, 3.8) is 0 Å². The van der Waals surface area contributed by atoms with Crippen LogP contribution in [0.3, 0.4) is 0 Å². The average Bonchev–Trinajstić information content (AvgIpc) is 3.10. The summed E-state index contributed by atoms with van der Waals surface area (Å²) in [4.78, 5) is 0. The SMILES string of the molecule is COc1cccc2cc(C(C)NCc3ccnn3C)oc12. The Labute approximate surface area is 123 Å². The van der Waals surface area contributed by atoms with Crippen molar-refractivity contribution < 1.29 is 9.15 Å². The van der Waals surface area contributed by atoms with Gasteiger partial charge in [0.15, 0.2) is 11.3 Å². The summed E-state index contributed by atoms with van der Waals surface area (Å²) >= 11 is 0. The number of benzene rings is 1. The number of rotatable bonds is 5. The quantitative estimate of drug-likeness (QED) is 0.783. The van der Waals surface area contributed by atoms with E-state index in [1.54, 1.807) is 13.3 Å². The number of nitrogens with zero attached hydrogens (tertiary/aromatic N) is 2. The zero-order valence-corrected chi connectivity index (χ0v) is 12.5. The van der Waals surface area contributed by atoms with Gasteiger partial charge in [0.05, 0.1) is 18.8 Å². The lowest BCUT2D eigenvalue weighted by Gasteiger charge is -2.11. The second-order valence-electron chi connectivity index (χ2n) is 5.08. The molecule has 110 valence electrons. The molecule has 0 bridgehead atoms. The number of aryl methyl sites for hydroxylation is 1. The number of para-hydroxylation sites is 1. The summed E-state index contributed by atoms with van der Waals surface area (Å²) < 4.78 is 13.1.